The summed E-state index contributed by atoms with van der Waals surface area (Å²) < 4.78 is 0. The molecule has 21 heavy (non-hydrogen) atoms. The number of pyridine rings is 1. The van der Waals surface area contributed by atoms with Gasteiger partial charge in [0.2, 0.25) is 0 Å². The van der Waals surface area contributed by atoms with Crippen molar-refractivity contribution in [3.05, 3.63) is 64.9 Å². The van der Waals surface area contributed by atoms with Gasteiger partial charge in [0.1, 0.15) is 5.15 Å². The molecule has 2 heterocycles. The molecule has 1 unspecified atom stereocenters. The Balaban J connectivity index is 1.92. The highest BCUT2D eigenvalue weighted by Crippen LogP contribution is 2.34. The molecule has 4 heteroatoms. The minimum atomic E-state index is 0.0210. The number of hydrogen-bond acceptors (Lipinski definition) is 2. The largest absolute Gasteiger partial charge is 0.331 e. The Morgan fingerprint density at radius 1 is 1.14 bits per heavy atom. The molecule has 3 nitrogen and oxygen atoms in total. The first kappa shape index (κ1) is 14.1. The SMILES string of the molecule is O=C(c1ccccc1)N1CCCCC1c1cccnc1Cl. The van der Waals surface area contributed by atoms with E-state index in [1.54, 1.807) is 6.20 Å². The Morgan fingerprint density at radius 3 is 2.71 bits per heavy atom. The first-order valence-corrected chi connectivity index (χ1v) is 7.61. The van der Waals surface area contributed by atoms with Crippen molar-refractivity contribution in [2.75, 3.05) is 6.54 Å². The number of benzene rings is 1. The third kappa shape index (κ3) is 2.93. The van der Waals surface area contributed by atoms with Crippen molar-refractivity contribution in [2.24, 2.45) is 0 Å². The monoisotopic (exact) mass is 300 g/mol. The van der Waals surface area contributed by atoms with Crippen molar-refractivity contribution < 1.29 is 4.79 Å². The molecule has 0 aliphatic carbocycles. The van der Waals surface area contributed by atoms with Crippen LogP contribution in [-0.2, 0) is 0 Å². The van der Waals surface area contributed by atoms with E-state index in [2.05, 4.69) is 4.98 Å². The fourth-order valence-electron chi connectivity index (χ4n) is 2.89. The first-order chi connectivity index (χ1) is 10.3. The molecular formula is C17H17ClN2O. The second kappa shape index (κ2) is 6.27. The molecule has 3 rings (SSSR count). The van der Waals surface area contributed by atoms with Crippen LogP contribution in [0.3, 0.4) is 0 Å². The summed E-state index contributed by atoms with van der Waals surface area (Å²) in [6.45, 7) is 0.767. The summed E-state index contributed by atoms with van der Waals surface area (Å²) in [4.78, 5) is 18.8. The van der Waals surface area contributed by atoms with Gasteiger partial charge < -0.3 is 4.90 Å². The Kier molecular flexibility index (Phi) is 4.20. The van der Waals surface area contributed by atoms with E-state index in [4.69, 9.17) is 11.6 Å². The fourth-order valence-corrected chi connectivity index (χ4v) is 3.14. The van der Waals surface area contributed by atoms with Gasteiger partial charge in [-0.3, -0.25) is 4.79 Å². The number of carbonyl (C=O) groups is 1. The highest BCUT2D eigenvalue weighted by Gasteiger charge is 2.30. The quantitative estimate of drug-likeness (QED) is 0.782. The molecule has 1 aliphatic rings. The summed E-state index contributed by atoms with van der Waals surface area (Å²) in [5.41, 5.74) is 1.67. The van der Waals surface area contributed by atoms with Crippen LogP contribution in [0.15, 0.2) is 48.7 Å². The molecule has 1 aromatic heterocycles. The number of carbonyl (C=O) groups excluding carboxylic acids is 1. The van der Waals surface area contributed by atoms with Crippen LogP contribution in [0, 0.1) is 0 Å². The lowest BCUT2D eigenvalue weighted by Gasteiger charge is -2.36. The third-order valence-electron chi connectivity index (χ3n) is 3.93. The van der Waals surface area contributed by atoms with Gasteiger partial charge in [-0.15, -0.1) is 0 Å². The summed E-state index contributed by atoms with van der Waals surface area (Å²) in [7, 11) is 0. The molecule has 1 aromatic carbocycles. The lowest BCUT2D eigenvalue weighted by atomic mass is 9.95. The molecule has 1 saturated heterocycles. The van der Waals surface area contributed by atoms with Crippen molar-refractivity contribution >= 4 is 17.5 Å². The third-order valence-corrected chi connectivity index (χ3v) is 4.25. The summed E-state index contributed by atoms with van der Waals surface area (Å²) >= 11 is 6.22. The number of halogens is 1. The maximum absolute atomic E-state index is 12.8. The summed E-state index contributed by atoms with van der Waals surface area (Å²) in [5.74, 6) is 0.0696. The normalized spacial score (nSPS) is 18.5. The van der Waals surface area contributed by atoms with Crippen LogP contribution < -0.4 is 0 Å². The van der Waals surface area contributed by atoms with Crippen molar-refractivity contribution in [2.45, 2.75) is 25.3 Å². The van der Waals surface area contributed by atoms with Crippen molar-refractivity contribution in [1.82, 2.24) is 9.88 Å². The molecule has 1 aliphatic heterocycles. The Morgan fingerprint density at radius 2 is 1.95 bits per heavy atom. The minimum Gasteiger partial charge on any atom is -0.331 e. The Bertz CT molecular complexity index is 630. The van der Waals surface area contributed by atoms with E-state index in [9.17, 15) is 4.79 Å². The topological polar surface area (TPSA) is 33.2 Å². The Hall–Kier alpha value is -1.87. The molecule has 0 saturated carbocycles. The Labute approximate surface area is 129 Å². The number of rotatable bonds is 2. The number of hydrogen-bond donors (Lipinski definition) is 0. The molecule has 0 bridgehead atoms. The average Bonchev–Trinajstić information content (AvgIpc) is 2.55. The molecule has 0 N–H and O–H groups in total. The van der Waals surface area contributed by atoms with E-state index >= 15 is 0 Å². The van der Waals surface area contributed by atoms with E-state index in [0.29, 0.717) is 5.15 Å². The van der Waals surface area contributed by atoms with Gasteiger partial charge in [0.25, 0.3) is 5.91 Å². The standard InChI is InChI=1S/C17H17ClN2O/c18-16-14(9-6-11-19-16)15-10-4-5-12-20(15)17(21)13-7-2-1-3-8-13/h1-3,6-9,11,15H,4-5,10,12H2. The molecule has 1 fully saturated rings. The summed E-state index contributed by atoms with van der Waals surface area (Å²) in [5, 5.41) is 0.496. The fraction of sp³-hybridized carbons (Fsp3) is 0.294. The van der Waals surface area contributed by atoms with Crippen LogP contribution in [0.5, 0.6) is 0 Å². The zero-order valence-electron chi connectivity index (χ0n) is 11.7. The van der Waals surface area contributed by atoms with Gasteiger partial charge in [-0.05, 0) is 37.5 Å². The van der Waals surface area contributed by atoms with E-state index in [-0.39, 0.29) is 11.9 Å². The number of nitrogens with zero attached hydrogens (tertiary/aromatic N) is 2. The second-order valence-electron chi connectivity index (χ2n) is 5.26. The summed E-state index contributed by atoms with van der Waals surface area (Å²) in [6.07, 6.45) is 4.75. The second-order valence-corrected chi connectivity index (χ2v) is 5.62. The van der Waals surface area contributed by atoms with Crippen LogP contribution >= 0.6 is 11.6 Å². The van der Waals surface area contributed by atoms with Crippen molar-refractivity contribution in [1.29, 1.82) is 0 Å². The van der Waals surface area contributed by atoms with Crippen LogP contribution in [0.1, 0.15) is 41.2 Å². The molecular weight excluding hydrogens is 284 g/mol. The number of amides is 1. The average molecular weight is 301 g/mol. The maximum Gasteiger partial charge on any atom is 0.254 e. The van der Waals surface area contributed by atoms with Crippen LogP contribution in [0.4, 0.5) is 0 Å². The van der Waals surface area contributed by atoms with Crippen LogP contribution in [0.2, 0.25) is 5.15 Å². The van der Waals surface area contributed by atoms with Gasteiger partial charge in [0.15, 0.2) is 0 Å². The lowest BCUT2D eigenvalue weighted by molar-refractivity contribution is 0.0611. The first-order valence-electron chi connectivity index (χ1n) is 7.24. The van der Waals surface area contributed by atoms with Crippen LogP contribution in [-0.4, -0.2) is 22.3 Å². The van der Waals surface area contributed by atoms with Crippen LogP contribution in [0.25, 0.3) is 0 Å². The molecule has 1 atom stereocenters. The summed E-state index contributed by atoms with van der Waals surface area (Å²) in [6, 6.07) is 13.3. The van der Waals surface area contributed by atoms with E-state index in [1.165, 1.54) is 0 Å². The molecule has 1 amide bonds. The van der Waals surface area contributed by atoms with E-state index in [0.717, 1.165) is 36.9 Å². The van der Waals surface area contributed by atoms with Crippen molar-refractivity contribution in [3.63, 3.8) is 0 Å². The predicted octanol–water partition coefficient (Wildman–Crippen LogP) is 4.10. The predicted molar refractivity (Wildman–Crippen MR) is 83.3 cm³/mol. The lowest BCUT2D eigenvalue weighted by Crippen LogP contribution is -2.38. The zero-order valence-corrected chi connectivity index (χ0v) is 12.5. The molecule has 0 radical (unpaired) electrons. The van der Waals surface area contributed by atoms with Crippen molar-refractivity contribution in [3.8, 4) is 0 Å². The van der Waals surface area contributed by atoms with Gasteiger partial charge in [-0.25, -0.2) is 4.98 Å². The maximum atomic E-state index is 12.8. The van der Waals surface area contributed by atoms with Gasteiger partial charge in [-0.1, -0.05) is 35.9 Å². The van der Waals surface area contributed by atoms with E-state index in [1.807, 2.05) is 47.4 Å². The van der Waals surface area contributed by atoms with Gasteiger partial charge in [0.05, 0.1) is 6.04 Å². The van der Waals surface area contributed by atoms with Gasteiger partial charge >= 0.3 is 0 Å². The highest BCUT2D eigenvalue weighted by atomic mass is 35.5. The molecule has 2 aromatic rings. The van der Waals surface area contributed by atoms with Gasteiger partial charge in [0, 0.05) is 23.9 Å². The van der Waals surface area contributed by atoms with E-state index < -0.39 is 0 Å². The molecule has 0 spiro atoms. The smallest absolute Gasteiger partial charge is 0.254 e. The van der Waals surface area contributed by atoms with Gasteiger partial charge in [-0.2, -0.15) is 0 Å². The highest BCUT2D eigenvalue weighted by molar-refractivity contribution is 6.30. The number of aromatic nitrogens is 1. The molecule has 108 valence electrons. The minimum absolute atomic E-state index is 0.0210. The zero-order chi connectivity index (χ0) is 14.7. The number of piperidine rings is 1. The number of likely N-dealkylation sites (tertiary alicyclic amines) is 1.